The first kappa shape index (κ1) is 24.4. The molecular formula is C26H34N2O6. The Morgan fingerprint density at radius 2 is 1.94 bits per heavy atom. The maximum Gasteiger partial charge on any atom is 0.310 e. The highest BCUT2D eigenvalue weighted by Crippen LogP contribution is 2.58. The number of likely N-dealkylation sites (tertiary alicyclic amines) is 1. The van der Waals surface area contributed by atoms with E-state index in [2.05, 4.69) is 6.58 Å². The number of fused-ring (bicyclic) bond motifs is 1. The topological polar surface area (TPSA) is 107 Å². The van der Waals surface area contributed by atoms with Gasteiger partial charge in [-0.1, -0.05) is 49.2 Å². The van der Waals surface area contributed by atoms with E-state index in [1.165, 1.54) is 0 Å². The van der Waals surface area contributed by atoms with E-state index in [-0.39, 0.29) is 18.4 Å². The van der Waals surface area contributed by atoms with E-state index in [1.54, 1.807) is 15.9 Å². The Morgan fingerprint density at radius 3 is 2.62 bits per heavy atom. The SMILES string of the molecule is C=CCN(Cc1ccccc1)C(=O)C1N(CCCCCCO)C(=O)[C@@H]2[C@H](C(=O)O)[C@@H]3CCC12O3. The van der Waals surface area contributed by atoms with Crippen LogP contribution < -0.4 is 0 Å². The van der Waals surface area contributed by atoms with Gasteiger partial charge in [0.1, 0.15) is 11.6 Å². The maximum atomic E-state index is 14.1. The molecule has 1 spiro atoms. The quantitative estimate of drug-likeness (QED) is 0.358. The Morgan fingerprint density at radius 1 is 1.21 bits per heavy atom. The monoisotopic (exact) mass is 470 g/mol. The lowest BCUT2D eigenvalue weighted by Gasteiger charge is -2.36. The second-order valence-corrected chi connectivity index (χ2v) is 9.56. The van der Waals surface area contributed by atoms with Crippen molar-refractivity contribution in [2.24, 2.45) is 11.8 Å². The molecule has 8 heteroatoms. The van der Waals surface area contributed by atoms with Gasteiger partial charge in [-0.3, -0.25) is 14.4 Å². The molecule has 0 saturated carbocycles. The van der Waals surface area contributed by atoms with Crippen molar-refractivity contribution in [2.75, 3.05) is 19.7 Å². The third-order valence-electron chi connectivity index (χ3n) is 7.50. The molecule has 2 unspecified atom stereocenters. The fourth-order valence-corrected chi connectivity index (χ4v) is 6.07. The molecule has 1 aromatic carbocycles. The van der Waals surface area contributed by atoms with Crippen LogP contribution in [0.2, 0.25) is 0 Å². The Bertz CT molecular complexity index is 921. The number of hydrogen-bond acceptors (Lipinski definition) is 5. The predicted octanol–water partition coefficient (Wildman–Crippen LogP) is 2.21. The van der Waals surface area contributed by atoms with Gasteiger partial charge >= 0.3 is 5.97 Å². The van der Waals surface area contributed by atoms with Crippen LogP contribution in [0.1, 0.15) is 44.1 Å². The molecule has 0 aromatic heterocycles. The van der Waals surface area contributed by atoms with Gasteiger partial charge < -0.3 is 24.7 Å². The molecule has 184 valence electrons. The van der Waals surface area contributed by atoms with Gasteiger partial charge in [-0.15, -0.1) is 6.58 Å². The molecule has 2 N–H and O–H groups in total. The van der Waals surface area contributed by atoms with Crippen molar-refractivity contribution >= 4 is 17.8 Å². The molecule has 1 aromatic rings. The smallest absolute Gasteiger partial charge is 0.310 e. The van der Waals surface area contributed by atoms with Crippen molar-refractivity contribution in [3.8, 4) is 0 Å². The number of carboxylic acid groups (broad SMARTS) is 1. The van der Waals surface area contributed by atoms with Crippen molar-refractivity contribution in [1.29, 1.82) is 0 Å². The van der Waals surface area contributed by atoms with Gasteiger partial charge in [0, 0.05) is 26.2 Å². The fraction of sp³-hybridized carbons (Fsp3) is 0.577. The van der Waals surface area contributed by atoms with E-state index in [0.717, 1.165) is 18.4 Å². The number of nitrogens with zero attached hydrogens (tertiary/aromatic N) is 2. The summed E-state index contributed by atoms with van der Waals surface area (Å²) >= 11 is 0. The van der Waals surface area contributed by atoms with Crippen molar-refractivity contribution in [2.45, 2.75) is 62.8 Å². The summed E-state index contributed by atoms with van der Waals surface area (Å²) in [6.45, 7) is 4.98. The van der Waals surface area contributed by atoms with Crippen molar-refractivity contribution in [3.63, 3.8) is 0 Å². The third-order valence-corrected chi connectivity index (χ3v) is 7.50. The first-order valence-corrected chi connectivity index (χ1v) is 12.2. The van der Waals surface area contributed by atoms with E-state index in [9.17, 15) is 19.5 Å². The average molecular weight is 471 g/mol. The molecule has 8 nitrogen and oxygen atoms in total. The number of carbonyl (C=O) groups is 3. The summed E-state index contributed by atoms with van der Waals surface area (Å²) in [6.07, 6.45) is 5.19. The number of benzene rings is 1. The number of amides is 2. The van der Waals surface area contributed by atoms with E-state index in [0.29, 0.717) is 45.3 Å². The summed E-state index contributed by atoms with van der Waals surface area (Å²) in [5.41, 5.74) is -0.130. The first-order valence-electron chi connectivity index (χ1n) is 12.2. The minimum atomic E-state index is -1.09. The van der Waals surface area contributed by atoms with Crippen molar-refractivity contribution in [3.05, 3.63) is 48.6 Å². The molecule has 3 heterocycles. The van der Waals surface area contributed by atoms with Gasteiger partial charge in [-0.25, -0.2) is 0 Å². The lowest BCUT2D eigenvalue weighted by atomic mass is 9.70. The number of aliphatic hydroxyl groups is 1. The molecule has 2 amide bonds. The molecule has 0 radical (unpaired) electrons. The van der Waals surface area contributed by atoms with E-state index >= 15 is 0 Å². The molecule has 0 aliphatic carbocycles. The van der Waals surface area contributed by atoms with Gasteiger partial charge in [-0.05, 0) is 31.2 Å². The van der Waals surface area contributed by atoms with Gasteiger partial charge in [0.15, 0.2) is 0 Å². The lowest BCUT2D eigenvalue weighted by Crippen LogP contribution is -2.56. The van der Waals surface area contributed by atoms with Crippen LogP contribution in [0.3, 0.4) is 0 Å². The molecule has 3 fully saturated rings. The maximum absolute atomic E-state index is 14.1. The van der Waals surface area contributed by atoms with Crippen LogP contribution in [-0.2, 0) is 25.7 Å². The second kappa shape index (κ2) is 10.3. The number of carbonyl (C=O) groups excluding carboxylic acids is 2. The number of aliphatic carboxylic acids is 1. The zero-order chi connectivity index (χ0) is 24.3. The van der Waals surface area contributed by atoms with Crippen LogP contribution in [0.15, 0.2) is 43.0 Å². The second-order valence-electron chi connectivity index (χ2n) is 9.56. The molecule has 2 bridgehead atoms. The molecule has 3 saturated heterocycles. The summed E-state index contributed by atoms with van der Waals surface area (Å²) in [7, 11) is 0. The summed E-state index contributed by atoms with van der Waals surface area (Å²) in [5.74, 6) is -3.29. The van der Waals surface area contributed by atoms with Crippen molar-refractivity contribution in [1.82, 2.24) is 9.80 Å². The number of rotatable bonds is 12. The summed E-state index contributed by atoms with van der Waals surface area (Å²) in [5, 5.41) is 18.9. The van der Waals surface area contributed by atoms with Crippen LogP contribution in [0, 0.1) is 11.8 Å². The molecule has 3 aliphatic heterocycles. The molecule has 4 rings (SSSR count). The van der Waals surface area contributed by atoms with Gasteiger partial charge in [0.2, 0.25) is 11.8 Å². The highest BCUT2D eigenvalue weighted by Gasteiger charge is 2.74. The largest absolute Gasteiger partial charge is 0.481 e. The normalized spacial score (nSPS) is 29.3. The summed E-state index contributed by atoms with van der Waals surface area (Å²) in [6, 6.07) is 8.79. The standard InChI is InChI=1S/C26H34N2O6/c1-2-14-27(17-18-10-6-5-7-11-18)24(31)22-26-13-12-19(34-26)20(25(32)33)21(26)23(30)28(22)15-8-3-4-9-16-29/h2,5-7,10-11,19-22,29H,1,3-4,8-9,12-17H2,(H,32,33)/t19-,20+,21-,22?,26?/m0/s1. The van der Waals surface area contributed by atoms with Gasteiger partial charge in [-0.2, -0.15) is 0 Å². The highest BCUT2D eigenvalue weighted by atomic mass is 16.5. The van der Waals surface area contributed by atoms with E-state index in [1.807, 2.05) is 30.3 Å². The molecule has 3 aliphatic rings. The average Bonchev–Trinajstić information content (AvgIpc) is 3.46. The number of carboxylic acids is 1. The Hall–Kier alpha value is -2.71. The Labute approximate surface area is 200 Å². The number of aliphatic hydroxyl groups excluding tert-OH is 1. The lowest BCUT2D eigenvalue weighted by molar-refractivity contribution is -0.151. The minimum absolute atomic E-state index is 0.125. The van der Waals surface area contributed by atoms with Gasteiger partial charge in [0.25, 0.3) is 0 Å². The van der Waals surface area contributed by atoms with Crippen LogP contribution in [-0.4, -0.2) is 75.2 Å². The Kier molecular flexibility index (Phi) is 7.38. The molecule has 34 heavy (non-hydrogen) atoms. The number of hydrogen-bond donors (Lipinski definition) is 2. The number of ether oxygens (including phenoxy) is 1. The zero-order valence-electron chi connectivity index (χ0n) is 19.5. The minimum Gasteiger partial charge on any atom is -0.481 e. The highest BCUT2D eigenvalue weighted by molar-refractivity contribution is 5.98. The molecule has 5 atom stereocenters. The van der Waals surface area contributed by atoms with E-state index < -0.39 is 35.6 Å². The van der Waals surface area contributed by atoms with Crippen LogP contribution in [0.5, 0.6) is 0 Å². The van der Waals surface area contributed by atoms with Crippen LogP contribution in [0.4, 0.5) is 0 Å². The Balaban J connectivity index is 1.64. The van der Waals surface area contributed by atoms with E-state index in [4.69, 9.17) is 9.84 Å². The number of unbranched alkanes of at least 4 members (excludes halogenated alkanes) is 3. The first-order chi connectivity index (χ1) is 16.4. The van der Waals surface area contributed by atoms with Crippen LogP contribution in [0.25, 0.3) is 0 Å². The van der Waals surface area contributed by atoms with Crippen molar-refractivity contribution < 1.29 is 29.3 Å². The fourth-order valence-electron chi connectivity index (χ4n) is 6.07. The molecular weight excluding hydrogens is 436 g/mol. The zero-order valence-corrected chi connectivity index (χ0v) is 19.5. The summed E-state index contributed by atoms with van der Waals surface area (Å²) < 4.78 is 6.27. The predicted molar refractivity (Wildman–Crippen MR) is 125 cm³/mol. The third kappa shape index (κ3) is 4.25. The summed E-state index contributed by atoms with van der Waals surface area (Å²) in [4.78, 5) is 43.0. The van der Waals surface area contributed by atoms with Gasteiger partial charge in [0.05, 0.1) is 17.9 Å². The van der Waals surface area contributed by atoms with Crippen LogP contribution >= 0.6 is 0 Å².